The zero-order valence-electron chi connectivity index (χ0n) is 15.7. The Kier molecular flexibility index (Phi) is 4.19. The third-order valence-corrected chi connectivity index (χ3v) is 4.89. The minimum absolute atomic E-state index is 0.161. The molecule has 7 nitrogen and oxygen atoms in total. The molecule has 0 aliphatic carbocycles. The number of aliphatic hydroxyl groups is 1. The maximum absolute atomic E-state index is 10.7. The van der Waals surface area contributed by atoms with Crippen LogP contribution in [0.15, 0.2) is 24.3 Å². The summed E-state index contributed by atoms with van der Waals surface area (Å²) >= 11 is 0. The van der Waals surface area contributed by atoms with E-state index in [0.717, 1.165) is 11.1 Å². The van der Waals surface area contributed by atoms with E-state index in [1.807, 2.05) is 6.07 Å². The van der Waals surface area contributed by atoms with Crippen molar-refractivity contribution in [1.82, 2.24) is 0 Å². The van der Waals surface area contributed by atoms with Crippen molar-refractivity contribution in [2.75, 3.05) is 28.1 Å². The molecule has 2 aromatic rings. The monoisotopic (exact) mass is 374 g/mol. The van der Waals surface area contributed by atoms with E-state index in [-0.39, 0.29) is 12.7 Å². The van der Waals surface area contributed by atoms with Gasteiger partial charge < -0.3 is 33.5 Å². The van der Waals surface area contributed by atoms with E-state index in [9.17, 15) is 5.11 Å². The van der Waals surface area contributed by atoms with Gasteiger partial charge in [-0.2, -0.15) is 0 Å². The third-order valence-electron chi connectivity index (χ3n) is 4.89. The van der Waals surface area contributed by atoms with Gasteiger partial charge in [0.25, 0.3) is 0 Å². The van der Waals surface area contributed by atoms with Crippen molar-refractivity contribution in [2.24, 2.45) is 0 Å². The van der Waals surface area contributed by atoms with E-state index < -0.39 is 5.79 Å². The summed E-state index contributed by atoms with van der Waals surface area (Å²) < 4.78 is 33.4. The molecule has 0 amide bonds. The minimum atomic E-state index is -1.36. The summed E-state index contributed by atoms with van der Waals surface area (Å²) in [5.41, 5.74) is 1.68. The normalized spacial score (nSPS) is 22.6. The molecule has 0 fully saturated rings. The summed E-state index contributed by atoms with van der Waals surface area (Å²) in [6.45, 7) is 1.80. The van der Waals surface area contributed by atoms with Gasteiger partial charge in [0.1, 0.15) is 23.0 Å². The van der Waals surface area contributed by atoms with Gasteiger partial charge in [0.05, 0.1) is 21.3 Å². The van der Waals surface area contributed by atoms with E-state index in [1.165, 1.54) is 0 Å². The van der Waals surface area contributed by atoms with E-state index in [0.29, 0.717) is 40.9 Å². The lowest BCUT2D eigenvalue weighted by Crippen LogP contribution is -2.38. The number of hydrogen-bond donors (Lipinski definition) is 1. The molecule has 0 saturated carbocycles. The second-order valence-electron chi connectivity index (χ2n) is 6.72. The molecule has 0 radical (unpaired) electrons. The van der Waals surface area contributed by atoms with Crippen molar-refractivity contribution in [3.05, 3.63) is 35.4 Å². The molecule has 2 aliphatic heterocycles. The summed E-state index contributed by atoms with van der Waals surface area (Å²) in [5.74, 6) is 2.03. The molecule has 0 saturated heterocycles. The van der Waals surface area contributed by atoms with Gasteiger partial charge in [-0.1, -0.05) is 0 Å². The average Bonchev–Trinajstić information content (AvgIpc) is 3.11. The van der Waals surface area contributed by atoms with E-state index in [1.54, 1.807) is 46.5 Å². The fourth-order valence-corrected chi connectivity index (χ4v) is 3.70. The van der Waals surface area contributed by atoms with E-state index in [2.05, 4.69) is 0 Å². The van der Waals surface area contributed by atoms with Gasteiger partial charge in [0.15, 0.2) is 11.5 Å². The molecule has 0 spiro atoms. The van der Waals surface area contributed by atoms with Crippen LogP contribution in [0.25, 0.3) is 0 Å². The molecule has 0 bridgehead atoms. The fraction of sp³-hybridized carbons (Fsp3) is 0.400. The van der Waals surface area contributed by atoms with Gasteiger partial charge in [-0.15, -0.1) is 0 Å². The summed E-state index contributed by atoms with van der Waals surface area (Å²) in [6.07, 6.45) is 0.318. The molecule has 4 rings (SSSR count). The second kappa shape index (κ2) is 6.42. The predicted molar refractivity (Wildman–Crippen MR) is 96.4 cm³/mol. The number of fused-ring (bicyclic) bond motifs is 2. The van der Waals surface area contributed by atoms with Gasteiger partial charge in [-0.05, 0) is 6.07 Å². The van der Waals surface area contributed by atoms with Crippen LogP contribution in [0, 0.1) is 0 Å². The van der Waals surface area contributed by atoms with Crippen LogP contribution in [-0.2, 0) is 0 Å². The molecule has 7 heteroatoms. The summed E-state index contributed by atoms with van der Waals surface area (Å²) in [4.78, 5) is 0. The van der Waals surface area contributed by atoms with Crippen LogP contribution < -0.4 is 28.4 Å². The number of hydrogen-bond acceptors (Lipinski definition) is 7. The number of benzene rings is 2. The van der Waals surface area contributed by atoms with Crippen molar-refractivity contribution in [1.29, 1.82) is 0 Å². The molecule has 2 aromatic carbocycles. The van der Waals surface area contributed by atoms with Crippen LogP contribution in [0.5, 0.6) is 34.5 Å². The molecule has 144 valence electrons. The molecular formula is C20H22O7. The van der Waals surface area contributed by atoms with Gasteiger partial charge in [-0.3, -0.25) is 0 Å². The predicted octanol–water partition coefficient (Wildman–Crippen LogP) is 3.06. The smallest absolute Gasteiger partial charge is 0.231 e. The lowest BCUT2D eigenvalue weighted by Gasteiger charge is -2.37. The molecule has 27 heavy (non-hydrogen) atoms. The zero-order valence-corrected chi connectivity index (χ0v) is 15.7. The SMILES string of the molecule is COc1cc(OC)c([C@@H]2C[C@](C)(O)Oc3cc4c(cc32)OCO4)c(OC)c1. The molecule has 0 unspecified atom stereocenters. The number of rotatable bonds is 4. The average molecular weight is 374 g/mol. The van der Waals surface area contributed by atoms with Crippen LogP contribution in [0.1, 0.15) is 30.4 Å². The maximum Gasteiger partial charge on any atom is 0.231 e. The number of methoxy groups -OCH3 is 3. The second-order valence-corrected chi connectivity index (χ2v) is 6.72. The first-order valence-electron chi connectivity index (χ1n) is 8.60. The quantitative estimate of drug-likeness (QED) is 0.881. The Morgan fingerprint density at radius 2 is 1.56 bits per heavy atom. The first kappa shape index (κ1) is 17.6. The minimum Gasteiger partial charge on any atom is -0.496 e. The number of ether oxygens (including phenoxy) is 6. The van der Waals surface area contributed by atoms with Crippen molar-refractivity contribution >= 4 is 0 Å². The van der Waals surface area contributed by atoms with Crippen molar-refractivity contribution in [3.8, 4) is 34.5 Å². The van der Waals surface area contributed by atoms with Crippen molar-refractivity contribution in [3.63, 3.8) is 0 Å². The first-order valence-corrected chi connectivity index (χ1v) is 8.60. The highest BCUT2D eigenvalue weighted by molar-refractivity contribution is 5.61. The summed E-state index contributed by atoms with van der Waals surface area (Å²) in [7, 11) is 4.77. The van der Waals surface area contributed by atoms with E-state index in [4.69, 9.17) is 28.4 Å². The Bertz CT molecular complexity index is 850. The van der Waals surface area contributed by atoms with Gasteiger partial charge in [-0.25, -0.2) is 0 Å². The standard InChI is InChI=1S/C20H22O7/c1-20(21)9-13(12-7-15-16(26-10-25-15)8-14(12)27-20)19-17(23-3)5-11(22-2)6-18(19)24-4/h5-8,13,21H,9-10H2,1-4H3/t13-,20-/m1/s1. The molecule has 1 N–H and O–H groups in total. The zero-order chi connectivity index (χ0) is 19.2. The highest BCUT2D eigenvalue weighted by atomic mass is 16.7. The Hall–Kier alpha value is -2.80. The lowest BCUT2D eigenvalue weighted by atomic mass is 9.82. The van der Waals surface area contributed by atoms with Gasteiger partial charge in [0, 0.05) is 48.6 Å². The van der Waals surface area contributed by atoms with Crippen molar-refractivity contribution < 1.29 is 33.5 Å². The van der Waals surface area contributed by atoms with Crippen LogP contribution >= 0.6 is 0 Å². The molecule has 0 aromatic heterocycles. The highest BCUT2D eigenvalue weighted by Gasteiger charge is 2.40. The Morgan fingerprint density at radius 1 is 0.926 bits per heavy atom. The van der Waals surface area contributed by atoms with Crippen LogP contribution in [0.4, 0.5) is 0 Å². The Balaban J connectivity index is 1.92. The Morgan fingerprint density at radius 3 is 2.15 bits per heavy atom. The van der Waals surface area contributed by atoms with Gasteiger partial charge in [0.2, 0.25) is 12.6 Å². The van der Waals surface area contributed by atoms with Crippen LogP contribution in [-0.4, -0.2) is 39.0 Å². The third kappa shape index (κ3) is 2.98. The van der Waals surface area contributed by atoms with Crippen LogP contribution in [0.2, 0.25) is 0 Å². The topological polar surface area (TPSA) is 75.6 Å². The Labute approximate surface area is 157 Å². The van der Waals surface area contributed by atoms with E-state index >= 15 is 0 Å². The molecule has 2 aliphatic rings. The summed E-state index contributed by atoms with van der Waals surface area (Å²) in [5, 5.41) is 10.7. The van der Waals surface area contributed by atoms with Crippen molar-refractivity contribution in [2.45, 2.75) is 25.0 Å². The highest BCUT2D eigenvalue weighted by Crippen LogP contribution is 2.52. The summed E-state index contributed by atoms with van der Waals surface area (Å²) in [6, 6.07) is 7.24. The largest absolute Gasteiger partial charge is 0.496 e. The molecular weight excluding hydrogens is 352 g/mol. The maximum atomic E-state index is 10.7. The molecule has 2 heterocycles. The first-order chi connectivity index (χ1) is 13.0. The lowest BCUT2D eigenvalue weighted by molar-refractivity contribution is -0.137. The van der Waals surface area contributed by atoms with Gasteiger partial charge >= 0.3 is 0 Å². The van der Waals surface area contributed by atoms with Crippen LogP contribution in [0.3, 0.4) is 0 Å². The molecule has 2 atom stereocenters. The fourth-order valence-electron chi connectivity index (χ4n) is 3.70.